The summed E-state index contributed by atoms with van der Waals surface area (Å²) in [5.74, 6) is 3.42. The van der Waals surface area contributed by atoms with Crippen molar-refractivity contribution in [1.82, 2.24) is 9.88 Å². The fraction of sp³-hybridized carbons (Fsp3) is 0.412. The first-order valence-corrected chi connectivity index (χ1v) is 8.64. The molecule has 1 heterocycles. The zero-order valence-electron chi connectivity index (χ0n) is 14.0. The first-order valence-electron chi connectivity index (χ1n) is 7.48. The van der Waals surface area contributed by atoms with E-state index in [-0.39, 0.29) is 5.91 Å². The molecular weight excluding hydrogens is 312 g/mol. The van der Waals surface area contributed by atoms with E-state index in [0.717, 1.165) is 22.8 Å². The number of carbonyl (C=O) groups is 1. The number of thioether (sulfide) groups is 1. The third-order valence-corrected chi connectivity index (χ3v) is 4.20. The van der Waals surface area contributed by atoms with Crippen molar-refractivity contribution in [1.29, 1.82) is 0 Å². The van der Waals surface area contributed by atoms with Crippen LogP contribution in [0.3, 0.4) is 0 Å². The van der Waals surface area contributed by atoms with Gasteiger partial charge in [-0.05, 0) is 38.1 Å². The molecule has 0 radical (unpaired) electrons. The second-order valence-electron chi connectivity index (χ2n) is 5.26. The smallest absolute Gasteiger partial charge is 0.232 e. The zero-order valence-corrected chi connectivity index (χ0v) is 14.8. The molecular formula is C17H22N2O3S. The molecule has 0 atom stereocenters. The molecule has 0 saturated carbocycles. The van der Waals surface area contributed by atoms with E-state index in [1.807, 2.05) is 38.1 Å². The molecule has 1 aromatic heterocycles. The van der Waals surface area contributed by atoms with Gasteiger partial charge < -0.3 is 14.1 Å². The molecule has 0 aliphatic heterocycles. The number of carbonyl (C=O) groups excluding carboxylic acids is 1. The minimum Gasteiger partial charge on any atom is -0.494 e. The zero-order chi connectivity index (χ0) is 16.8. The Labute approximate surface area is 141 Å². The Morgan fingerprint density at radius 3 is 2.61 bits per heavy atom. The number of oxazole rings is 1. The van der Waals surface area contributed by atoms with Crippen LogP contribution in [0.5, 0.6) is 5.75 Å². The predicted molar refractivity (Wildman–Crippen MR) is 92.7 cm³/mol. The molecule has 0 spiro atoms. The van der Waals surface area contributed by atoms with Crippen LogP contribution >= 0.6 is 11.8 Å². The normalized spacial score (nSPS) is 10.6. The monoisotopic (exact) mass is 334 g/mol. The molecule has 1 amide bonds. The van der Waals surface area contributed by atoms with Gasteiger partial charge in [0.05, 0.1) is 18.1 Å². The van der Waals surface area contributed by atoms with Crippen molar-refractivity contribution in [3.05, 3.63) is 35.7 Å². The van der Waals surface area contributed by atoms with Crippen LogP contribution in [-0.2, 0) is 10.5 Å². The number of amides is 1. The molecule has 0 aliphatic carbocycles. The summed E-state index contributed by atoms with van der Waals surface area (Å²) in [5.41, 5.74) is 1.79. The summed E-state index contributed by atoms with van der Waals surface area (Å²) in [7, 11) is 3.52. The van der Waals surface area contributed by atoms with Gasteiger partial charge in [-0.2, -0.15) is 0 Å². The van der Waals surface area contributed by atoms with Gasteiger partial charge in [-0.15, -0.1) is 11.8 Å². The third-order valence-electron chi connectivity index (χ3n) is 3.27. The van der Waals surface area contributed by atoms with Crippen LogP contribution in [-0.4, -0.2) is 42.2 Å². The van der Waals surface area contributed by atoms with E-state index in [1.165, 1.54) is 0 Å². The van der Waals surface area contributed by atoms with Crippen molar-refractivity contribution in [2.45, 2.75) is 19.6 Å². The number of hydrogen-bond acceptors (Lipinski definition) is 5. The molecule has 0 fully saturated rings. The van der Waals surface area contributed by atoms with Gasteiger partial charge in [0, 0.05) is 25.4 Å². The quantitative estimate of drug-likeness (QED) is 0.777. The van der Waals surface area contributed by atoms with Crippen molar-refractivity contribution in [2.24, 2.45) is 0 Å². The molecule has 23 heavy (non-hydrogen) atoms. The highest BCUT2D eigenvalue weighted by atomic mass is 32.2. The Bertz CT molecular complexity index is 650. The van der Waals surface area contributed by atoms with Crippen LogP contribution in [0, 0.1) is 6.92 Å². The van der Waals surface area contributed by atoms with Crippen LogP contribution in [0.25, 0.3) is 11.5 Å². The molecule has 0 unspecified atom stereocenters. The van der Waals surface area contributed by atoms with Gasteiger partial charge in [-0.1, -0.05) is 0 Å². The lowest BCUT2D eigenvalue weighted by Crippen LogP contribution is -2.23. The van der Waals surface area contributed by atoms with Crippen molar-refractivity contribution in [2.75, 3.05) is 26.5 Å². The van der Waals surface area contributed by atoms with Crippen LogP contribution < -0.4 is 4.74 Å². The van der Waals surface area contributed by atoms with Crippen molar-refractivity contribution in [3.8, 4) is 17.2 Å². The summed E-state index contributed by atoms with van der Waals surface area (Å²) in [5, 5.41) is 0. The molecule has 0 saturated heterocycles. The first-order chi connectivity index (χ1) is 11.0. The minimum atomic E-state index is 0.0999. The molecule has 0 aliphatic rings. The number of nitrogens with zero attached hydrogens (tertiary/aromatic N) is 2. The highest BCUT2D eigenvalue weighted by Gasteiger charge is 2.13. The van der Waals surface area contributed by atoms with Crippen LogP contribution in [0.1, 0.15) is 18.4 Å². The van der Waals surface area contributed by atoms with Crippen molar-refractivity contribution < 1.29 is 13.9 Å². The molecule has 5 nitrogen and oxygen atoms in total. The highest BCUT2D eigenvalue weighted by Crippen LogP contribution is 2.26. The number of benzene rings is 1. The van der Waals surface area contributed by atoms with E-state index in [4.69, 9.17) is 9.15 Å². The van der Waals surface area contributed by atoms with Crippen molar-refractivity contribution >= 4 is 17.7 Å². The van der Waals surface area contributed by atoms with Gasteiger partial charge in [-0.25, -0.2) is 4.98 Å². The van der Waals surface area contributed by atoms with E-state index in [2.05, 4.69) is 4.98 Å². The second kappa shape index (κ2) is 8.06. The fourth-order valence-corrected chi connectivity index (χ4v) is 2.91. The number of aromatic nitrogens is 1. The van der Waals surface area contributed by atoms with E-state index >= 15 is 0 Å². The lowest BCUT2D eigenvalue weighted by atomic mass is 10.2. The lowest BCUT2D eigenvalue weighted by Gasteiger charge is -2.08. The Hall–Kier alpha value is -1.95. The van der Waals surface area contributed by atoms with Crippen LogP contribution in [0.4, 0.5) is 0 Å². The maximum Gasteiger partial charge on any atom is 0.232 e. The molecule has 2 aromatic rings. The van der Waals surface area contributed by atoms with Crippen molar-refractivity contribution in [3.63, 3.8) is 0 Å². The molecule has 124 valence electrons. The van der Waals surface area contributed by atoms with Crippen LogP contribution in [0.2, 0.25) is 0 Å². The topological polar surface area (TPSA) is 55.6 Å². The first kappa shape index (κ1) is 17.4. The molecule has 2 rings (SSSR count). The summed E-state index contributed by atoms with van der Waals surface area (Å²) < 4.78 is 11.2. The average molecular weight is 334 g/mol. The van der Waals surface area contributed by atoms with Gasteiger partial charge in [0.15, 0.2) is 0 Å². The summed E-state index contributed by atoms with van der Waals surface area (Å²) in [4.78, 5) is 17.7. The van der Waals surface area contributed by atoms with Crippen LogP contribution in [0.15, 0.2) is 28.7 Å². The summed E-state index contributed by atoms with van der Waals surface area (Å²) in [6.07, 6.45) is 0. The Kier molecular flexibility index (Phi) is 6.10. The average Bonchev–Trinajstić information content (AvgIpc) is 2.89. The molecule has 1 aromatic carbocycles. The Morgan fingerprint density at radius 1 is 1.30 bits per heavy atom. The number of aryl methyl sites for hydroxylation is 1. The molecule has 0 bridgehead atoms. The van der Waals surface area contributed by atoms with E-state index in [1.54, 1.807) is 30.8 Å². The van der Waals surface area contributed by atoms with Gasteiger partial charge >= 0.3 is 0 Å². The van der Waals surface area contributed by atoms with E-state index in [9.17, 15) is 4.79 Å². The third kappa shape index (κ3) is 4.76. The predicted octanol–water partition coefficient (Wildman–Crippen LogP) is 3.37. The maximum atomic E-state index is 11.6. The Balaban J connectivity index is 2.01. The summed E-state index contributed by atoms with van der Waals surface area (Å²) in [6, 6.07) is 7.68. The van der Waals surface area contributed by atoms with Gasteiger partial charge in [0.2, 0.25) is 11.8 Å². The number of rotatable bonds is 7. The van der Waals surface area contributed by atoms with E-state index in [0.29, 0.717) is 24.0 Å². The largest absolute Gasteiger partial charge is 0.494 e. The van der Waals surface area contributed by atoms with Gasteiger partial charge in [0.1, 0.15) is 11.5 Å². The van der Waals surface area contributed by atoms with E-state index < -0.39 is 0 Å². The fourth-order valence-electron chi connectivity index (χ4n) is 1.91. The summed E-state index contributed by atoms with van der Waals surface area (Å²) >= 11 is 1.54. The number of hydrogen-bond donors (Lipinski definition) is 0. The standard InChI is InChI=1S/C17H22N2O3S/c1-5-21-14-8-6-13(7-9-14)17-18-15(12(2)22-17)10-23-11-16(20)19(3)4/h6-9H,5,10-11H2,1-4H3. The highest BCUT2D eigenvalue weighted by molar-refractivity contribution is 7.99. The van der Waals surface area contributed by atoms with Gasteiger partial charge in [-0.3, -0.25) is 4.79 Å². The minimum absolute atomic E-state index is 0.0999. The lowest BCUT2D eigenvalue weighted by molar-refractivity contribution is -0.125. The SMILES string of the molecule is CCOc1ccc(-c2nc(CSCC(=O)N(C)C)c(C)o2)cc1. The Morgan fingerprint density at radius 2 is 2.00 bits per heavy atom. The number of ether oxygens (including phenoxy) is 1. The molecule has 0 N–H and O–H groups in total. The molecule has 6 heteroatoms. The van der Waals surface area contributed by atoms with Gasteiger partial charge in [0.25, 0.3) is 0 Å². The maximum absolute atomic E-state index is 11.6. The summed E-state index contributed by atoms with van der Waals surface area (Å²) in [6.45, 7) is 4.50. The second-order valence-corrected chi connectivity index (χ2v) is 6.25.